The number of fused-ring (bicyclic) bond motifs is 1. The largest absolute Gasteiger partial charge is 0.416 e. The molecule has 2 aliphatic rings. The van der Waals surface area contributed by atoms with Crippen LogP contribution in [0.3, 0.4) is 0 Å². The van der Waals surface area contributed by atoms with Gasteiger partial charge in [-0.15, -0.1) is 0 Å². The van der Waals surface area contributed by atoms with E-state index in [0.717, 1.165) is 30.9 Å². The second-order valence-electron chi connectivity index (χ2n) is 9.44. The number of benzene rings is 2. The monoisotopic (exact) mass is 534 g/mol. The number of hydrogen-bond acceptors (Lipinski definition) is 5. The fourth-order valence-electron chi connectivity index (χ4n) is 4.91. The van der Waals surface area contributed by atoms with Crippen molar-refractivity contribution in [2.75, 3.05) is 12.3 Å². The zero-order chi connectivity index (χ0) is 27.2. The fraction of sp³-hybridized carbons (Fsp3) is 0.346. The molecule has 2 N–H and O–H groups in total. The second kappa shape index (κ2) is 9.73. The molecule has 1 saturated carbocycles. The van der Waals surface area contributed by atoms with Gasteiger partial charge in [0, 0.05) is 12.1 Å². The number of carbonyl (C=O) groups is 1. The van der Waals surface area contributed by atoms with Crippen LogP contribution in [0.15, 0.2) is 47.3 Å². The predicted molar refractivity (Wildman–Crippen MR) is 126 cm³/mol. The molecule has 0 spiro atoms. The van der Waals surface area contributed by atoms with E-state index in [4.69, 9.17) is 10.5 Å². The predicted octanol–water partition coefficient (Wildman–Crippen LogP) is 5.07. The molecule has 0 saturated heterocycles. The van der Waals surface area contributed by atoms with Gasteiger partial charge in [0.2, 0.25) is 5.95 Å². The molecule has 1 atom stereocenters. The second-order valence-corrected chi connectivity index (χ2v) is 9.44. The third-order valence-corrected chi connectivity index (χ3v) is 7.09. The first-order chi connectivity index (χ1) is 18.0. The molecule has 12 heteroatoms. The Bertz CT molecular complexity index is 1430. The highest BCUT2D eigenvalue weighted by molar-refractivity contribution is 5.71. The maximum absolute atomic E-state index is 14.1. The first-order valence-corrected chi connectivity index (χ1v) is 12.0. The Morgan fingerprint density at radius 1 is 1.11 bits per heavy atom. The van der Waals surface area contributed by atoms with E-state index in [0.29, 0.717) is 11.6 Å². The average molecular weight is 534 g/mol. The zero-order valence-electron chi connectivity index (χ0n) is 20.0. The molecule has 1 fully saturated rings. The van der Waals surface area contributed by atoms with Crippen molar-refractivity contribution in [3.8, 4) is 5.75 Å². The third kappa shape index (κ3) is 4.82. The van der Waals surface area contributed by atoms with Gasteiger partial charge in [-0.3, -0.25) is 9.36 Å². The molecule has 1 amide bonds. The highest BCUT2D eigenvalue weighted by Crippen LogP contribution is 2.40. The Morgan fingerprint density at radius 3 is 2.42 bits per heavy atom. The number of carbonyl (C=O) groups excluding carboxylic acids is 1. The number of amides is 1. The SMILES string of the molecule is Nc1nc2c(c(=O)n1C(c1ccc(F)cc1)C1CCC1)CCN(C(=O)Oc1ccc(C(F)(F)F)cc1F)C2. The fourth-order valence-corrected chi connectivity index (χ4v) is 4.91. The first-order valence-electron chi connectivity index (χ1n) is 12.0. The molecule has 1 aliphatic carbocycles. The van der Waals surface area contributed by atoms with E-state index in [-0.39, 0.29) is 48.7 Å². The lowest BCUT2D eigenvalue weighted by atomic mass is 9.77. The zero-order valence-corrected chi connectivity index (χ0v) is 20.0. The van der Waals surface area contributed by atoms with Crippen molar-refractivity contribution in [1.82, 2.24) is 14.5 Å². The average Bonchev–Trinajstić information content (AvgIpc) is 2.83. The molecule has 1 aromatic heterocycles. The van der Waals surface area contributed by atoms with Gasteiger partial charge in [0.1, 0.15) is 5.82 Å². The lowest BCUT2D eigenvalue weighted by molar-refractivity contribution is -0.137. The molecule has 5 rings (SSSR count). The number of aromatic nitrogens is 2. The van der Waals surface area contributed by atoms with E-state index >= 15 is 0 Å². The number of nitrogens with two attached hydrogens (primary N) is 1. The summed E-state index contributed by atoms with van der Waals surface area (Å²) in [7, 11) is 0. The molecule has 3 aromatic rings. The van der Waals surface area contributed by atoms with Gasteiger partial charge in [0.05, 0.1) is 23.8 Å². The van der Waals surface area contributed by atoms with Crippen LogP contribution in [0.2, 0.25) is 0 Å². The van der Waals surface area contributed by atoms with Crippen molar-refractivity contribution in [3.05, 3.63) is 86.8 Å². The van der Waals surface area contributed by atoms with Crippen LogP contribution in [0.1, 0.15) is 47.7 Å². The molecular weight excluding hydrogens is 511 g/mol. The quantitative estimate of drug-likeness (QED) is 0.472. The summed E-state index contributed by atoms with van der Waals surface area (Å²) in [6, 6.07) is 7.09. The Balaban J connectivity index is 1.39. The first kappa shape index (κ1) is 25.7. The molecule has 200 valence electrons. The number of hydrogen-bond donors (Lipinski definition) is 1. The number of rotatable bonds is 4. The smallest absolute Gasteiger partial charge is 0.407 e. The Kier molecular flexibility index (Phi) is 6.58. The Hall–Kier alpha value is -3.96. The minimum Gasteiger partial charge on any atom is -0.407 e. The van der Waals surface area contributed by atoms with Crippen LogP contribution >= 0.6 is 0 Å². The van der Waals surface area contributed by atoms with E-state index in [1.165, 1.54) is 21.6 Å². The van der Waals surface area contributed by atoms with Crippen molar-refractivity contribution < 1.29 is 31.5 Å². The number of anilines is 1. The lowest BCUT2D eigenvalue weighted by Gasteiger charge is -2.36. The van der Waals surface area contributed by atoms with Crippen LogP contribution in [-0.4, -0.2) is 27.1 Å². The Morgan fingerprint density at radius 2 is 1.82 bits per heavy atom. The number of alkyl halides is 3. The van der Waals surface area contributed by atoms with Gasteiger partial charge >= 0.3 is 12.3 Å². The van der Waals surface area contributed by atoms with Crippen LogP contribution < -0.4 is 16.0 Å². The van der Waals surface area contributed by atoms with E-state index in [1.54, 1.807) is 12.1 Å². The van der Waals surface area contributed by atoms with E-state index in [1.807, 2.05) is 0 Å². The van der Waals surface area contributed by atoms with Crippen molar-refractivity contribution in [2.45, 2.75) is 44.4 Å². The maximum Gasteiger partial charge on any atom is 0.416 e. The van der Waals surface area contributed by atoms with Crippen LogP contribution in [0.5, 0.6) is 5.75 Å². The molecule has 0 bridgehead atoms. The van der Waals surface area contributed by atoms with Gasteiger partial charge in [0.25, 0.3) is 5.56 Å². The highest BCUT2D eigenvalue weighted by Gasteiger charge is 2.35. The summed E-state index contributed by atoms with van der Waals surface area (Å²) in [5, 5.41) is 0. The van der Waals surface area contributed by atoms with E-state index in [2.05, 4.69) is 4.98 Å². The standard InChI is InChI=1S/C26H23F5N4O3/c27-17-7-4-15(5-8-17)22(14-2-1-3-14)35-23(36)18-10-11-34(13-20(18)33-24(35)32)25(37)38-21-9-6-16(12-19(21)28)26(29,30)31/h4-9,12,14,22H,1-3,10-11,13H2,(H2,32,33). The minimum absolute atomic E-state index is 0.0412. The van der Waals surface area contributed by atoms with Crippen LogP contribution in [0, 0.1) is 17.6 Å². The van der Waals surface area contributed by atoms with Crippen LogP contribution in [0.25, 0.3) is 0 Å². The summed E-state index contributed by atoms with van der Waals surface area (Å²) in [6.45, 7) is -0.110. The van der Waals surface area contributed by atoms with Crippen LogP contribution in [0.4, 0.5) is 32.7 Å². The van der Waals surface area contributed by atoms with E-state index in [9.17, 15) is 31.5 Å². The number of halogens is 5. The normalized spacial score (nSPS) is 16.5. The van der Waals surface area contributed by atoms with Gasteiger partial charge in [-0.25, -0.2) is 18.6 Å². The van der Waals surface area contributed by atoms with Gasteiger partial charge in [-0.05, 0) is 61.1 Å². The summed E-state index contributed by atoms with van der Waals surface area (Å²) in [5.41, 5.74) is 6.05. The van der Waals surface area contributed by atoms with Crippen molar-refractivity contribution in [2.24, 2.45) is 5.92 Å². The number of ether oxygens (including phenoxy) is 1. The van der Waals surface area contributed by atoms with Crippen molar-refractivity contribution in [1.29, 1.82) is 0 Å². The maximum atomic E-state index is 14.1. The van der Waals surface area contributed by atoms with Crippen LogP contribution in [-0.2, 0) is 19.1 Å². The third-order valence-electron chi connectivity index (χ3n) is 7.09. The van der Waals surface area contributed by atoms with E-state index < -0.39 is 41.3 Å². The molecule has 2 aromatic carbocycles. The summed E-state index contributed by atoms with van der Waals surface area (Å²) in [6.07, 6.45) is -2.86. The summed E-state index contributed by atoms with van der Waals surface area (Å²) >= 11 is 0. The topological polar surface area (TPSA) is 90.5 Å². The molecule has 38 heavy (non-hydrogen) atoms. The number of nitrogen functional groups attached to an aromatic ring is 1. The number of nitrogens with zero attached hydrogens (tertiary/aromatic N) is 3. The minimum atomic E-state index is -4.74. The van der Waals surface area contributed by atoms with Crippen molar-refractivity contribution >= 4 is 12.0 Å². The molecular formula is C26H23F5N4O3. The molecule has 0 radical (unpaired) electrons. The summed E-state index contributed by atoms with van der Waals surface area (Å²) in [5.74, 6) is -2.31. The van der Waals surface area contributed by atoms with Gasteiger partial charge in [-0.1, -0.05) is 18.6 Å². The molecule has 1 aliphatic heterocycles. The summed E-state index contributed by atoms with van der Waals surface area (Å²) in [4.78, 5) is 31.8. The van der Waals surface area contributed by atoms with Crippen molar-refractivity contribution in [3.63, 3.8) is 0 Å². The summed E-state index contributed by atoms with van der Waals surface area (Å²) < 4.78 is 72.4. The van der Waals surface area contributed by atoms with Gasteiger partial charge < -0.3 is 15.4 Å². The molecule has 2 heterocycles. The van der Waals surface area contributed by atoms with Gasteiger partial charge in [0.15, 0.2) is 11.6 Å². The Labute approximate surface area is 213 Å². The lowest BCUT2D eigenvalue weighted by Crippen LogP contribution is -2.44. The van der Waals surface area contributed by atoms with Gasteiger partial charge in [-0.2, -0.15) is 13.2 Å². The highest BCUT2D eigenvalue weighted by atomic mass is 19.4. The molecule has 1 unspecified atom stereocenters. The molecule has 7 nitrogen and oxygen atoms in total.